The Bertz CT molecular complexity index is 1320. The summed E-state index contributed by atoms with van der Waals surface area (Å²) in [5, 5.41) is 12.2. The molecule has 30 heavy (non-hydrogen) atoms. The third kappa shape index (κ3) is 3.46. The molecule has 3 aromatic carbocycles. The molecule has 0 unspecified atom stereocenters. The number of hydrogen-bond donors (Lipinski definition) is 1. The van der Waals surface area contributed by atoms with Crippen LogP contribution >= 0.6 is 0 Å². The Morgan fingerprint density at radius 1 is 0.967 bits per heavy atom. The summed E-state index contributed by atoms with van der Waals surface area (Å²) in [5.74, 6) is 0.515. The Morgan fingerprint density at radius 2 is 1.67 bits per heavy atom. The van der Waals surface area contributed by atoms with Gasteiger partial charge in [0.2, 0.25) is 5.88 Å². The van der Waals surface area contributed by atoms with Crippen molar-refractivity contribution in [3.8, 4) is 17.3 Å². The van der Waals surface area contributed by atoms with E-state index in [1.54, 1.807) is 43.7 Å². The first-order valence-corrected chi connectivity index (χ1v) is 9.62. The first kappa shape index (κ1) is 19.5. The molecule has 150 valence electrons. The van der Waals surface area contributed by atoms with Crippen molar-refractivity contribution in [3.63, 3.8) is 0 Å². The summed E-state index contributed by atoms with van der Waals surface area (Å²) in [4.78, 5) is 17.7. The van der Waals surface area contributed by atoms with Gasteiger partial charge in [-0.2, -0.15) is 0 Å². The quantitative estimate of drug-likeness (QED) is 0.488. The fourth-order valence-corrected chi connectivity index (χ4v) is 3.54. The molecule has 4 aromatic rings. The molecule has 0 amide bonds. The number of benzene rings is 3. The molecule has 0 fully saturated rings. The van der Waals surface area contributed by atoms with Gasteiger partial charge in [-0.05, 0) is 55.8 Å². The van der Waals surface area contributed by atoms with E-state index < -0.39 is 0 Å². The third-order valence-corrected chi connectivity index (χ3v) is 5.12. The number of aryl methyl sites for hydroxylation is 2. The number of rotatable bonds is 4. The molecule has 5 nitrogen and oxygen atoms in total. The number of pyridine rings is 1. The number of aromatic nitrogens is 1. The summed E-state index contributed by atoms with van der Waals surface area (Å²) < 4.78 is 6.49. The molecule has 0 bridgehead atoms. The minimum atomic E-state index is -0.295. The number of aliphatic imine (C=N–C) groups is 1. The highest BCUT2D eigenvalue weighted by molar-refractivity contribution is 6.02. The average Bonchev–Trinajstić information content (AvgIpc) is 2.75. The second-order valence-electron chi connectivity index (χ2n) is 7.17. The van der Waals surface area contributed by atoms with Crippen LogP contribution in [-0.4, -0.2) is 23.0 Å². The lowest BCUT2D eigenvalue weighted by molar-refractivity contribution is 0.414. The van der Waals surface area contributed by atoms with Gasteiger partial charge in [-0.25, -0.2) is 4.57 Å². The summed E-state index contributed by atoms with van der Waals surface area (Å²) in [7, 11) is 1.58. The maximum atomic E-state index is 13.1. The van der Waals surface area contributed by atoms with E-state index in [1.165, 1.54) is 4.57 Å². The fourth-order valence-electron chi connectivity index (χ4n) is 3.54. The van der Waals surface area contributed by atoms with Crippen molar-refractivity contribution in [3.05, 3.63) is 93.8 Å². The highest BCUT2D eigenvalue weighted by Crippen LogP contribution is 2.28. The minimum absolute atomic E-state index is 0.155. The summed E-state index contributed by atoms with van der Waals surface area (Å²) in [6.45, 7) is 4.03. The van der Waals surface area contributed by atoms with Crippen LogP contribution in [-0.2, 0) is 0 Å². The van der Waals surface area contributed by atoms with E-state index in [0.717, 1.165) is 16.8 Å². The van der Waals surface area contributed by atoms with Gasteiger partial charge < -0.3 is 9.84 Å². The van der Waals surface area contributed by atoms with Gasteiger partial charge in [-0.3, -0.25) is 9.79 Å². The number of fused-ring (bicyclic) bond motifs is 1. The zero-order valence-electron chi connectivity index (χ0n) is 17.1. The smallest absolute Gasteiger partial charge is 0.265 e. The molecule has 5 heteroatoms. The van der Waals surface area contributed by atoms with E-state index in [-0.39, 0.29) is 11.4 Å². The number of ether oxygens (including phenoxy) is 1. The van der Waals surface area contributed by atoms with Crippen molar-refractivity contribution < 1.29 is 9.84 Å². The second kappa shape index (κ2) is 7.87. The first-order chi connectivity index (χ1) is 14.5. The number of hydrogen-bond acceptors (Lipinski definition) is 4. The molecule has 1 aromatic heterocycles. The van der Waals surface area contributed by atoms with Crippen LogP contribution in [0.25, 0.3) is 16.5 Å². The van der Waals surface area contributed by atoms with Gasteiger partial charge in [-0.15, -0.1) is 0 Å². The van der Waals surface area contributed by atoms with Crippen molar-refractivity contribution >= 4 is 22.7 Å². The van der Waals surface area contributed by atoms with Crippen LogP contribution in [0.15, 0.2) is 76.5 Å². The van der Waals surface area contributed by atoms with Gasteiger partial charge in [0.25, 0.3) is 5.56 Å². The molecule has 0 spiro atoms. The molecular weight excluding hydrogens is 376 g/mol. The lowest BCUT2D eigenvalue weighted by Crippen LogP contribution is -2.20. The third-order valence-electron chi connectivity index (χ3n) is 5.12. The Hall–Kier alpha value is -3.86. The second-order valence-corrected chi connectivity index (χ2v) is 7.17. The Labute approximate surface area is 174 Å². The van der Waals surface area contributed by atoms with Crippen LogP contribution in [0.2, 0.25) is 0 Å². The molecule has 0 aliphatic rings. The van der Waals surface area contributed by atoms with E-state index in [9.17, 15) is 9.90 Å². The van der Waals surface area contributed by atoms with Gasteiger partial charge in [0.05, 0.1) is 24.0 Å². The Kier molecular flexibility index (Phi) is 5.11. The molecule has 1 heterocycles. The monoisotopic (exact) mass is 398 g/mol. The van der Waals surface area contributed by atoms with Gasteiger partial charge >= 0.3 is 0 Å². The highest BCUT2D eigenvalue weighted by Gasteiger charge is 2.16. The largest absolute Gasteiger partial charge is 0.497 e. The van der Waals surface area contributed by atoms with E-state index in [1.807, 2.05) is 44.2 Å². The van der Waals surface area contributed by atoms with Crippen LogP contribution in [0, 0.1) is 13.8 Å². The van der Waals surface area contributed by atoms with Crippen LogP contribution in [0.5, 0.6) is 11.6 Å². The van der Waals surface area contributed by atoms with Crippen molar-refractivity contribution in [1.82, 2.24) is 4.57 Å². The number of nitrogens with zero attached hydrogens (tertiary/aromatic N) is 2. The molecule has 0 radical (unpaired) electrons. The average molecular weight is 398 g/mol. The Balaban J connectivity index is 1.94. The van der Waals surface area contributed by atoms with E-state index in [0.29, 0.717) is 27.8 Å². The molecule has 0 aliphatic heterocycles. The van der Waals surface area contributed by atoms with Crippen LogP contribution in [0.1, 0.15) is 16.7 Å². The van der Waals surface area contributed by atoms with Crippen molar-refractivity contribution in [1.29, 1.82) is 0 Å². The maximum Gasteiger partial charge on any atom is 0.265 e. The van der Waals surface area contributed by atoms with Crippen LogP contribution in [0.3, 0.4) is 0 Å². The lowest BCUT2D eigenvalue weighted by atomic mass is 10.1. The first-order valence-electron chi connectivity index (χ1n) is 9.62. The van der Waals surface area contributed by atoms with E-state index in [2.05, 4.69) is 11.1 Å². The summed E-state index contributed by atoms with van der Waals surface area (Å²) in [6, 6.07) is 20.2. The SMILES string of the molecule is COc1ccc(-n2c(O)c(C=Nc3ccc(C)cc3C)c3ccccc3c2=O)cc1. The summed E-state index contributed by atoms with van der Waals surface area (Å²) in [6.07, 6.45) is 1.62. The predicted octanol–water partition coefficient (Wildman–Crippen LogP) is 5.07. The lowest BCUT2D eigenvalue weighted by Gasteiger charge is -2.14. The molecule has 0 saturated carbocycles. The van der Waals surface area contributed by atoms with E-state index >= 15 is 0 Å². The summed E-state index contributed by atoms with van der Waals surface area (Å²) in [5.41, 5.74) is 3.75. The van der Waals surface area contributed by atoms with Gasteiger partial charge in [0, 0.05) is 17.0 Å². The maximum absolute atomic E-state index is 13.1. The fraction of sp³-hybridized carbons (Fsp3) is 0.120. The molecule has 1 N–H and O–H groups in total. The highest BCUT2D eigenvalue weighted by atomic mass is 16.5. The topological polar surface area (TPSA) is 63.8 Å². The standard InChI is InChI=1S/C25H22N2O3/c1-16-8-13-23(17(2)14-16)26-15-22-20-6-4-5-7-21(20)24(28)27(25(22)29)18-9-11-19(30-3)12-10-18/h4-15,29H,1-3H3. The molecule has 4 rings (SSSR count). The molecule has 0 aliphatic carbocycles. The number of methoxy groups -OCH3 is 1. The van der Waals surface area contributed by atoms with Crippen molar-refractivity contribution in [2.45, 2.75) is 13.8 Å². The van der Waals surface area contributed by atoms with E-state index in [4.69, 9.17) is 4.74 Å². The van der Waals surface area contributed by atoms with Crippen molar-refractivity contribution in [2.24, 2.45) is 4.99 Å². The molecule has 0 atom stereocenters. The zero-order valence-corrected chi connectivity index (χ0v) is 17.1. The van der Waals surface area contributed by atoms with Crippen LogP contribution in [0.4, 0.5) is 5.69 Å². The number of aromatic hydroxyl groups is 1. The Morgan fingerprint density at radius 3 is 2.33 bits per heavy atom. The normalized spacial score (nSPS) is 11.3. The van der Waals surface area contributed by atoms with Crippen LogP contribution < -0.4 is 10.3 Å². The van der Waals surface area contributed by atoms with Gasteiger partial charge in [0.1, 0.15) is 5.75 Å². The summed E-state index contributed by atoms with van der Waals surface area (Å²) >= 11 is 0. The predicted molar refractivity (Wildman–Crippen MR) is 121 cm³/mol. The molecule has 0 saturated heterocycles. The minimum Gasteiger partial charge on any atom is -0.497 e. The molecular formula is C25H22N2O3. The van der Waals surface area contributed by atoms with Crippen molar-refractivity contribution in [2.75, 3.05) is 7.11 Å². The van der Waals surface area contributed by atoms with Gasteiger partial charge in [-0.1, -0.05) is 35.9 Å². The van der Waals surface area contributed by atoms with Gasteiger partial charge in [0.15, 0.2) is 0 Å². The zero-order chi connectivity index (χ0) is 21.3.